The predicted molar refractivity (Wildman–Crippen MR) is 257 cm³/mol. The second-order valence-electron chi connectivity index (χ2n) is 15.9. The van der Waals surface area contributed by atoms with Crippen LogP contribution in [-0.4, -0.2) is 33.6 Å². The highest BCUT2D eigenvalue weighted by Crippen LogP contribution is 2.39. The maximum atomic E-state index is 5.49. The summed E-state index contributed by atoms with van der Waals surface area (Å²) in [7, 11) is 0. The zero-order valence-electron chi connectivity index (χ0n) is 33.8. The molecule has 13 aromatic rings. The third-order valence-corrected chi connectivity index (χ3v) is 12.4. The molecule has 0 aliphatic rings. The zero-order valence-corrected chi connectivity index (χ0v) is 33.8. The van der Waals surface area contributed by atoms with E-state index in [0.29, 0.717) is 17.7 Å². The molecule has 7 nitrogen and oxygen atoms in total. The van der Waals surface area contributed by atoms with Gasteiger partial charge in [0.1, 0.15) is 0 Å². The third-order valence-electron chi connectivity index (χ3n) is 12.4. The van der Waals surface area contributed by atoms with Crippen molar-refractivity contribution in [3.8, 4) is 51.2 Å². The molecule has 0 aliphatic carbocycles. The predicted octanol–water partition coefficient (Wildman–Crippen LogP) is 13.6. The van der Waals surface area contributed by atoms with Crippen molar-refractivity contribution in [1.29, 1.82) is 0 Å². The molecule has 0 N–H and O–H groups in total. The maximum Gasteiger partial charge on any atom is 0.240 e. The molecule has 0 radical (unpaired) electrons. The van der Waals surface area contributed by atoms with Crippen LogP contribution in [0.2, 0.25) is 0 Å². The average molecular weight is 806 g/mol. The minimum absolute atomic E-state index is 0.529. The van der Waals surface area contributed by atoms with Crippen LogP contribution >= 0.6 is 0 Å². The number of rotatable bonds is 6. The average Bonchev–Trinajstić information content (AvgIpc) is 4.00. The molecule has 0 aliphatic heterocycles. The molecular formula is C56H35N7. The lowest BCUT2D eigenvalue weighted by molar-refractivity contribution is 0.892. The second kappa shape index (κ2) is 13.9. The van der Waals surface area contributed by atoms with Crippen molar-refractivity contribution < 1.29 is 0 Å². The number of hydrogen-bond donors (Lipinski definition) is 0. The van der Waals surface area contributed by atoms with E-state index in [1.807, 2.05) is 12.4 Å². The van der Waals surface area contributed by atoms with Gasteiger partial charge in [-0.15, -0.1) is 0 Å². The number of hydrogen-bond acceptors (Lipinski definition) is 4. The van der Waals surface area contributed by atoms with Crippen molar-refractivity contribution in [1.82, 2.24) is 33.6 Å². The minimum Gasteiger partial charge on any atom is -0.308 e. The largest absolute Gasteiger partial charge is 0.308 e. The Balaban J connectivity index is 1.12. The molecule has 63 heavy (non-hydrogen) atoms. The molecule has 5 aromatic heterocycles. The zero-order chi connectivity index (χ0) is 41.4. The lowest BCUT2D eigenvalue weighted by atomic mass is 10.0. The standard InChI is InChI=1S/C56H35N7/c1-3-15-36(16-4-1)38-27-29-51-44(33-38)40-19-7-12-24-48(40)62(51)55-58-54(43-22-10-14-26-50(43)61-47-23-11-9-21-42(47)46-35-57-32-31-53(46)61)59-56(60-55)63-49-25-13-8-20-41(49)45-34-39(28-30-52(45)63)37-17-5-2-6-18-37/h1-35H. The van der Waals surface area contributed by atoms with E-state index in [-0.39, 0.29) is 0 Å². The molecule has 0 unspecified atom stereocenters. The van der Waals surface area contributed by atoms with E-state index in [0.717, 1.165) is 87.8 Å². The van der Waals surface area contributed by atoms with Crippen LogP contribution in [-0.2, 0) is 0 Å². The van der Waals surface area contributed by atoms with Crippen LogP contribution in [0.25, 0.3) is 117 Å². The number of pyridine rings is 1. The van der Waals surface area contributed by atoms with E-state index in [9.17, 15) is 0 Å². The minimum atomic E-state index is 0.529. The molecule has 5 heterocycles. The summed E-state index contributed by atoms with van der Waals surface area (Å²) in [5.74, 6) is 1.62. The summed E-state index contributed by atoms with van der Waals surface area (Å²) in [6.07, 6.45) is 3.81. The summed E-state index contributed by atoms with van der Waals surface area (Å²) in [5.41, 5.74) is 12.7. The molecule has 0 fully saturated rings. The Labute approximate surface area is 361 Å². The van der Waals surface area contributed by atoms with Crippen LogP contribution in [0, 0.1) is 0 Å². The van der Waals surface area contributed by atoms with Gasteiger partial charge in [-0.25, -0.2) is 0 Å². The molecule has 294 valence electrons. The van der Waals surface area contributed by atoms with Crippen LogP contribution in [0.4, 0.5) is 0 Å². The van der Waals surface area contributed by atoms with Crippen LogP contribution < -0.4 is 0 Å². The molecule has 0 saturated carbocycles. The van der Waals surface area contributed by atoms with Gasteiger partial charge in [0.05, 0.1) is 38.8 Å². The van der Waals surface area contributed by atoms with E-state index in [1.165, 1.54) is 11.1 Å². The van der Waals surface area contributed by atoms with Crippen molar-refractivity contribution in [3.63, 3.8) is 0 Å². The summed E-state index contributed by atoms with van der Waals surface area (Å²) in [5, 5.41) is 6.71. The van der Waals surface area contributed by atoms with E-state index in [1.54, 1.807) is 0 Å². The first-order valence-electron chi connectivity index (χ1n) is 21.1. The Bertz CT molecular complexity index is 3690. The summed E-state index contributed by atoms with van der Waals surface area (Å²) in [6.45, 7) is 0. The second-order valence-corrected chi connectivity index (χ2v) is 15.9. The van der Waals surface area contributed by atoms with E-state index < -0.39 is 0 Å². The Morgan fingerprint density at radius 1 is 0.302 bits per heavy atom. The molecule has 0 atom stereocenters. The van der Waals surface area contributed by atoms with Gasteiger partial charge in [0.25, 0.3) is 0 Å². The van der Waals surface area contributed by atoms with Crippen molar-refractivity contribution in [2.75, 3.05) is 0 Å². The Hall–Kier alpha value is -8.68. The normalized spacial score (nSPS) is 11.8. The smallest absolute Gasteiger partial charge is 0.240 e. The van der Waals surface area contributed by atoms with Gasteiger partial charge < -0.3 is 4.57 Å². The van der Waals surface area contributed by atoms with Crippen molar-refractivity contribution in [2.24, 2.45) is 0 Å². The Morgan fingerprint density at radius 3 is 1.32 bits per heavy atom. The summed E-state index contributed by atoms with van der Waals surface area (Å²) < 4.78 is 6.70. The topological polar surface area (TPSA) is 66.3 Å². The summed E-state index contributed by atoms with van der Waals surface area (Å²) in [4.78, 5) is 21.0. The SMILES string of the molecule is c1ccc(-c2ccc3c(c2)c2ccccc2n3-c2nc(-c3ccccc3-n3c4ccccc4c4cnccc43)nc(-n3c4ccccc4c4cc(-c5ccccc5)ccc43)n2)cc1. The fraction of sp³-hybridized carbons (Fsp3) is 0. The van der Waals surface area contributed by atoms with Crippen LogP contribution in [0.15, 0.2) is 213 Å². The van der Waals surface area contributed by atoms with E-state index in [2.05, 4.69) is 219 Å². The molecule has 0 amide bonds. The first-order chi connectivity index (χ1) is 31.3. The van der Waals surface area contributed by atoms with Gasteiger partial charge in [0.2, 0.25) is 11.9 Å². The van der Waals surface area contributed by atoms with Gasteiger partial charge in [-0.3, -0.25) is 14.1 Å². The third kappa shape index (κ3) is 5.46. The summed E-state index contributed by atoms with van der Waals surface area (Å²) >= 11 is 0. The Kier molecular flexibility index (Phi) is 7.77. The Morgan fingerprint density at radius 2 is 0.746 bits per heavy atom. The quantitative estimate of drug-likeness (QED) is 0.168. The van der Waals surface area contributed by atoms with Gasteiger partial charge in [0.15, 0.2) is 5.82 Å². The van der Waals surface area contributed by atoms with Crippen molar-refractivity contribution in [3.05, 3.63) is 213 Å². The van der Waals surface area contributed by atoms with Crippen LogP contribution in [0.5, 0.6) is 0 Å². The molecule has 13 rings (SSSR count). The highest BCUT2D eigenvalue weighted by Gasteiger charge is 2.23. The fourth-order valence-electron chi connectivity index (χ4n) is 9.60. The first-order valence-corrected chi connectivity index (χ1v) is 21.1. The molecule has 8 aromatic carbocycles. The maximum absolute atomic E-state index is 5.49. The molecular weight excluding hydrogens is 771 g/mol. The fourth-order valence-corrected chi connectivity index (χ4v) is 9.60. The van der Waals surface area contributed by atoms with Gasteiger partial charge in [-0.1, -0.05) is 140 Å². The highest BCUT2D eigenvalue weighted by molar-refractivity contribution is 6.12. The van der Waals surface area contributed by atoms with Crippen LogP contribution in [0.1, 0.15) is 0 Å². The first kappa shape index (κ1) is 35.1. The highest BCUT2D eigenvalue weighted by atomic mass is 15.3. The number of nitrogens with zero attached hydrogens (tertiary/aromatic N) is 7. The van der Waals surface area contributed by atoms with Gasteiger partial charge in [-0.2, -0.15) is 15.0 Å². The number of benzene rings is 8. The van der Waals surface area contributed by atoms with E-state index in [4.69, 9.17) is 15.0 Å². The molecule has 7 heteroatoms. The molecule has 0 spiro atoms. The molecule has 0 saturated heterocycles. The monoisotopic (exact) mass is 805 g/mol. The lowest BCUT2D eigenvalue weighted by Crippen LogP contribution is -2.11. The van der Waals surface area contributed by atoms with Crippen LogP contribution in [0.3, 0.4) is 0 Å². The lowest BCUT2D eigenvalue weighted by Gasteiger charge is -2.16. The van der Waals surface area contributed by atoms with Gasteiger partial charge in [0, 0.05) is 50.3 Å². The van der Waals surface area contributed by atoms with Crippen molar-refractivity contribution in [2.45, 2.75) is 0 Å². The molecule has 0 bridgehead atoms. The number of aromatic nitrogens is 7. The number of fused-ring (bicyclic) bond motifs is 9. The van der Waals surface area contributed by atoms with Gasteiger partial charge >= 0.3 is 0 Å². The summed E-state index contributed by atoms with van der Waals surface area (Å²) in [6, 6.07) is 70.5. The van der Waals surface area contributed by atoms with Crippen molar-refractivity contribution >= 4 is 65.4 Å². The number of para-hydroxylation sites is 4. The van der Waals surface area contributed by atoms with E-state index >= 15 is 0 Å². The van der Waals surface area contributed by atoms with Gasteiger partial charge in [-0.05, 0) is 82.9 Å².